The molecule has 0 aliphatic rings. The van der Waals surface area contributed by atoms with E-state index in [4.69, 9.17) is 5.73 Å². The number of nitrogens with zero attached hydrogens (tertiary/aromatic N) is 2. The first-order chi connectivity index (χ1) is 7.70. The van der Waals surface area contributed by atoms with Crippen molar-refractivity contribution in [3.05, 3.63) is 24.5 Å². The minimum absolute atomic E-state index is 0.399. The summed E-state index contributed by atoms with van der Waals surface area (Å²) in [6, 6.07) is 6.08. The standard InChI is InChI=1S/C12H16N4/c1-3-8(2)16-12-10-5-4-9(13)6-11(10)14-7-15-12/h4-8H,3,13H2,1-2H3,(H,14,15,16). The largest absolute Gasteiger partial charge is 0.399 e. The second kappa shape index (κ2) is 4.35. The summed E-state index contributed by atoms with van der Waals surface area (Å²) >= 11 is 0. The number of aromatic nitrogens is 2. The van der Waals surface area contributed by atoms with Crippen molar-refractivity contribution in [3.8, 4) is 0 Å². The molecule has 0 spiro atoms. The van der Waals surface area contributed by atoms with Crippen LogP contribution in [0.2, 0.25) is 0 Å². The van der Waals surface area contributed by atoms with Crippen LogP contribution in [0.4, 0.5) is 11.5 Å². The van der Waals surface area contributed by atoms with Gasteiger partial charge in [0.2, 0.25) is 0 Å². The molecule has 1 atom stereocenters. The molecule has 2 rings (SSSR count). The molecule has 0 fully saturated rings. The third kappa shape index (κ3) is 2.05. The first-order valence-electron chi connectivity index (χ1n) is 5.47. The fourth-order valence-electron chi connectivity index (χ4n) is 1.52. The SMILES string of the molecule is CCC(C)Nc1ncnc2cc(N)ccc12. The van der Waals surface area contributed by atoms with E-state index >= 15 is 0 Å². The Morgan fingerprint density at radius 3 is 2.94 bits per heavy atom. The van der Waals surface area contributed by atoms with Gasteiger partial charge in [-0.25, -0.2) is 9.97 Å². The van der Waals surface area contributed by atoms with Gasteiger partial charge in [0.1, 0.15) is 12.1 Å². The Bertz CT molecular complexity index is 495. The van der Waals surface area contributed by atoms with E-state index in [0.717, 1.165) is 28.8 Å². The molecule has 0 amide bonds. The van der Waals surface area contributed by atoms with Gasteiger partial charge in [0.25, 0.3) is 0 Å². The van der Waals surface area contributed by atoms with Gasteiger partial charge in [-0.1, -0.05) is 6.92 Å². The molecule has 3 N–H and O–H groups in total. The minimum Gasteiger partial charge on any atom is -0.399 e. The summed E-state index contributed by atoms with van der Waals surface area (Å²) in [6.07, 6.45) is 2.62. The maximum Gasteiger partial charge on any atom is 0.137 e. The van der Waals surface area contributed by atoms with Crippen LogP contribution in [0.1, 0.15) is 20.3 Å². The monoisotopic (exact) mass is 216 g/mol. The van der Waals surface area contributed by atoms with E-state index in [-0.39, 0.29) is 0 Å². The van der Waals surface area contributed by atoms with Crippen molar-refractivity contribution in [1.29, 1.82) is 0 Å². The number of nitrogens with two attached hydrogens (primary N) is 1. The molecular formula is C12H16N4. The highest BCUT2D eigenvalue weighted by Crippen LogP contribution is 2.21. The van der Waals surface area contributed by atoms with Gasteiger partial charge >= 0.3 is 0 Å². The Kier molecular flexibility index (Phi) is 2.90. The Hall–Kier alpha value is -1.84. The smallest absolute Gasteiger partial charge is 0.137 e. The molecule has 0 saturated heterocycles. The van der Waals surface area contributed by atoms with Crippen molar-refractivity contribution in [2.75, 3.05) is 11.1 Å². The van der Waals surface area contributed by atoms with Crippen LogP contribution < -0.4 is 11.1 Å². The predicted octanol–water partition coefficient (Wildman–Crippen LogP) is 2.42. The predicted molar refractivity (Wildman–Crippen MR) is 67.3 cm³/mol. The van der Waals surface area contributed by atoms with Gasteiger partial charge in [0, 0.05) is 17.1 Å². The van der Waals surface area contributed by atoms with E-state index in [1.165, 1.54) is 0 Å². The number of anilines is 2. The Morgan fingerprint density at radius 1 is 1.38 bits per heavy atom. The van der Waals surface area contributed by atoms with Crippen molar-refractivity contribution in [3.63, 3.8) is 0 Å². The molecule has 1 aromatic heterocycles. The van der Waals surface area contributed by atoms with Crippen LogP contribution in [0.25, 0.3) is 10.9 Å². The molecule has 0 aliphatic heterocycles. The van der Waals surface area contributed by atoms with Crippen LogP contribution in [0.15, 0.2) is 24.5 Å². The number of nitrogens with one attached hydrogen (secondary N) is 1. The zero-order valence-corrected chi connectivity index (χ0v) is 9.57. The second-order valence-corrected chi connectivity index (χ2v) is 3.95. The summed E-state index contributed by atoms with van der Waals surface area (Å²) in [4.78, 5) is 8.47. The summed E-state index contributed by atoms with van der Waals surface area (Å²) in [5.41, 5.74) is 7.32. The minimum atomic E-state index is 0.399. The lowest BCUT2D eigenvalue weighted by Crippen LogP contribution is -2.14. The van der Waals surface area contributed by atoms with E-state index in [1.54, 1.807) is 6.33 Å². The molecule has 0 saturated carbocycles. The van der Waals surface area contributed by atoms with Gasteiger partial charge in [-0.2, -0.15) is 0 Å². The van der Waals surface area contributed by atoms with Crippen LogP contribution in [-0.4, -0.2) is 16.0 Å². The van der Waals surface area contributed by atoms with Gasteiger partial charge < -0.3 is 11.1 Å². The van der Waals surface area contributed by atoms with Crippen molar-refractivity contribution < 1.29 is 0 Å². The molecule has 1 heterocycles. The molecule has 2 aromatic rings. The summed E-state index contributed by atoms with van der Waals surface area (Å²) in [6.45, 7) is 4.27. The summed E-state index contributed by atoms with van der Waals surface area (Å²) in [7, 11) is 0. The lowest BCUT2D eigenvalue weighted by atomic mass is 10.2. The Labute approximate surface area is 94.9 Å². The maximum absolute atomic E-state index is 5.72. The highest BCUT2D eigenvalue weighted by Gasteiger charge is 2.05. The van der Waals surface area contributed by atoms with Gasteiger partial charge in [-0.3, -0.25) is 0 Å². The van der Waals surface area contributed by atoms with Crippen LogP contribution in [0.3, 0.4) is 0 Å². The van der Waals surface area contributed by atoms with Crippen LogP contribution in [-0.2, 0) is 0 Å². The third-order valence-corrected chi connectivity index (χ3v) is 2.66. The lowest BCUT2D eigenvalue weighted by molar-refractivity contribution is 0.760. The first kappa shape index (κ1) is 10.7. The highest BCUT2D eigenvalue weighted by molar-refractivity contribution is 5.90. The van der Waals surface area contributed by atoms with Gasteiger partial charge in [-0.05, 0) is 31.5 Å². The zero-order chi connectivity index (χ0) is 11.5. The summed E-state index contributed by atoms with van der Waals surface area (Å²) in [5, 5.41) is 4.37. The lowest BCUT2D eigenvalue weighted by Gasteiger charge is -2.13. The molecule has 0 radical (unpaired) electrons. The molecule has 16 heavy (non-hydrogen) atoms. The molecule has 1 unspecified atom stereocenters. The average Bonchev–Trinajstić information content (AvgIpc) is 2.28. The molecule has 0 bridgehead atoms. The quantitative estimate of drug-likeness (QED) is 0.773. The van der Waals surface area contributed by atoms with E-state index in [2.05, 4.69) is 29.1 Å². The third-order valence-electron chi connectivity index (χ3n) is 2.66. The number of hydrogen-bond acceptors (Lipinski definition) is 4. The van der Waals surface area contributed by atoms with Crippen molar-refractivity contribution in [1.82, 2.24) is 9.97 Å². The molecule has 4 heteroatoms. The summed E-state index contributed by atoms with van der Waals surface area (Å²) in [5.74, 6) is 0.874. The fourth-order valence-corrected chi connectivity index (χ4v) is 1.52. The Balaban J connectivity index is 2.45. The number of fused-ring (bicyclic) bond motifs is 1. The highest BCUT2D eigenvalue weighted by atomic mass is 15.0. The van der Waals surface area contributed by atoms with E-state index in [9.17, 15) is 0 Å². The Morgan fingerprint density at radius 2 is 2.19 bits per heavy atom. The van der Waals surface area contributed by atoms with Crippen LogP contribution in [0, 0.1) is 0 Å². The first-order valence-corrected chi connectivity index (χ1v) is 5.47. The topological polar surface area (TPSA) is 63.8 Å². The van der Waals surface area contributed by atoms with E-state index < -0.39 is 0 Å². The molecular weight excluding hydrogens is 200 g/mol. The number of benzene rings is 1. The van der Waals surface area contributed by atoms with Crippen LogP contribution >= 0.6 is 0 Å². The molecule has 4 nitrogen and oxygen atoms in total. The van der Waals surface area contributed by atoms with Crippen LogP contribution in [0.5, 0.6) is 0 Å². The fraction of sp³-hybridized carbons (Fsp3) is 0.333. The normalized spacial score (nSPS) is 12.6. The van der Waals surface area contributed by atoms with Gasteiger partial charge in [-0.15, -0.1) is 0 Å². The van der Waals surface area contributed by atoms with E-state index in [0.29, 0.717) is 6.04 Å². The van der Waals surface area contributed by atoms with Gasteiger partial charge in [0.15, 0.2) is 0 Å². The van der Waals surface area contributed by atoms with Crippen molar-refractivity contribution >= 4 is 22.4 Å². The number of hydrogen-bond donors (Lipinski definition) is 2. The zero-order valence-electron chi connectivity index (χ0n) is 9.57. The molecule has 84 valence electrons. The number of nitrogen functional groups attached to an aromatic ring is 1. The summed E-state index contributed by atoms with van der Waals surface area (Å²) < 4.78 is 0. The number of rotatable bonds is 3. The average molecular weight is 216 g/mol. The van der Waals surface area contributed by atoms with Crippen molar-refractivity contribution in [2.45, 2.75) is 26.3 Å². The molecule has 1 aromatic carbocycles. The maximum atomic E-state index is 5.72. The molecule has 0 aliphatic carbocycles. The van der Waals surface area contributed by atoms with E-state index in [1.807, 2.05) is 18.2 Å². The van der Waals surface area contributed by atoms with Crippen molar-refractivity contribution in [2.24, 2.45) is 0 Å². The second-order valence-electron chi connectivity index (χ2n) is 3.95. The van der Waals surface area contributed by atoms with Gasteiger partial charge in [0.05, 0.1) is 5.52 Å².